The molecule has 0 fully saturated rings. The lowest BCUT2D eigenvalue weighted by Crippen LogP contribution is -2.31. The van der Waals surface area contributed by atoms with Crippen molar-refractivity contribution in [3.8, 4) is 0 Å². The summed E-state index contributed by atoms with van der Waals surface area (Å²) in [6.07, 6.45) is 2.14. The number of anilines is 1. The second-order valence-electron chi connectivity index (χ2n) is 3.95. The summed E-state index contributed by atoms with van der Waals surface area (Å²) in [5.74, 6) is 0. The van der Waals surface area contributed by atoms with E-state index in [0.717, 1.165) is 22.3 Å². The minimum absolute atomic E-state index is 0.100. The zero-order chi connectivity index (χ0) is 11.7. The first-order valence-electron chi connectivity index (χ1n) is 5.20. The number of ether oxygens (including phenoxy) is 1. The Hall–Kier alpha value is -1.10. The van der Waals surface area contributed by atoms with E-state index in [2.05, 4.69) is 20.9 Å². The molecule has 0 saturated heterocycles. The molecular formula is C11H13BrN2O2. The largest absolute Gasteiger partial charge is 0.446 e. The molecule has 0 N–H and O–H groups in total. The highest BCUT2D eigenvalue weighted by Gasteiger charge is 2.27. The van der Waals surface area contributed by atoms with Crippen LogP contribution in [0.3, 0.4) is 0 Å². The van der Waals surface area contributed by atoms with Gasteiger partial charge in [0.15, 0.2) is 0 Å². The van der Waals surface area contributed by atoms with Crippen LogP contribution >= 0.6 is 15.9 Å². The minimum atomic E-state index is -0.298. The van der Waals surface area contributed by atoms with Crippen LogP contribution in [0.4, 0.5) is 10.5 Å². The summed E-state index contributed by atoms with van der Waals surface area (Å²) in [5, 5.41) is 0. The maximum absolute atomic E-state index is 11.8. The molecule has 16 heavy (non-hydrogen) atoms. The molecule has 1 aliphatic heterocycles. The van der Waals surface area contributed by atoms with Gasteiger partial charge in [0, 0.05) is 23.6 Å². The molecule has 0 saturated carbocycles. The quantitative estimate of drug-likeness (QED) is 0.796. The Balaban J connectivity index is 2.22. The molecule has 0 radical (unpaired) electrons. The zero-order valence-corrected chi connectivity index (χ0v) is 10.8. The van der Waals surface area contributed by atoms with Gasteiger partial charge < -0.3 is 4.74 Å². The second kappa shape index (κ2) is 4.41. The lowest BCUT2D eigenvalue weighted by atomic mass is 10.3. The van der Waals surface area contributed by atoms with E-state index in [1.807, 2.05) is 19.9 Å². The Morgan fingerprint density at radius 1 is 1.62 bits per heavy atom. The van der Waals surface area contributed by atoms with E-state index < -0.39 is 0 Å². The Morgan fingerprint density at radius 2 is 2.38 bits per heavy atom. The lowest BCUT2D eigenvalue weighted by Gasteiger charge is -2.18. The number of rotatable bonds is 1. The van der Waals surface area contributed by atoms with Crippen LogP contribution in [0.15, 0.2) is 16.7 Å². The topological polar surface area (TPSA) is 42.4 Å². The monoisotopic (exact) mass is 284 g/mol. The smallest absolute Gasteiger partial charge is 0.414 e. The van der Waals surface area contributed by atoms with E-state index in [0.29, 0.717) is 6.54 Å². The third-order valence-corrected chi connectivity index (χ3v) is 2.77. The fourth-order valence-corrected chi connectivity index (χ4v) is 2.00. The van der Waals surface area contributed by atoms with E-state index in [1.54, 1.807) is 11.1 Å². The Bertz CT molecular complexity index is 420. The number of hydrogen-bond donors (Lipinski definition) is 0. The number of fused-ring (bicyclic) bond motifs is 1. The zero-order valence-electron chi connectivity index (χ0n) is 9.24. The van der Waals surface area contributed by atoms with Gasteiger partial charge in [-0.1, -0.05) is 0 Å². The van der Waals surface area contributed by atoms with Crippen LogP contribution in [0.5, 0.6) is 0 Å². The van der Waals surface area contributed by atoms with Crippen LogP contribution in [0.1, 0.15) is 19.5 Å². The molecule has 1 aliphatic rings. The summed E-state index contributed by atoms with van der Waals surface area (Å²) in [5.41, 5.74) is 1.80. The predicted octanol–water partition coefficient (Wildman–Crippen LogP) is 2.75. The van der Waals surface area contributed by atoms with Gasteiger partial charge in [0.2, 0.25) is 0 Å². The van der Waals surface area contributed by atoms with Gasteiger partial charge in [-0.3, -0.25) is 9.88 Å². The molecule has 1 aromatic rings. The van der Waals surface area contributed by atoms with Crippen LogP contribution in [-0.2, 0) is 11.2 Å². The summed E-state index contributed by atoms with van der Waals surface area (Å²) >= 11 is 3.35. The Labute approximate surface area is 103 Å². The van der Waals surface area contributed by atoms with Crippen LogP contribution in [0, 0.1) is 0 Å². The van der Waals surface area contributed by atoms with Crippen molar-refractivity contribution >= 4 is 27.7 Å². The highest BCUT2D eigenvalue weighted by molar-refractivity contribution is 9.10. The van der Waals surface area contributed by atoms with E-state index in [1.165, 1.54) is 0 Å². The van der Waals surface area contributed by atoms with Crippen LogP contribution in [0.2, 0.25) is 0 Å². The molecule has 86 valence electrons. The minimum Gasteiger partial charge on any atom is -0.446 e. The molecular weight excluding hydrogens is 272 g/mol. The highest BCUT2D eigenvalue weighted by Crippen LogP contribution is 2.29. The average molecular weight is 285 g/mol. The first-order chi connectivity index (χ1) is 7.58. The summed E-state index contributed by atoms with van der Waals surface area (Å²) < 4.78 is 6.05. The van der Waals surface area contributed by atoms with Crippen molar-refractivity contribution in [2.75, 3.05) is 11.4 Å². The van der Waals surface area contributed by atoms with Gasteiger partial charge in [-0.05, 0) is 35.8 Å². The Kier molecular flexibility index (Phi) is 3.14. The summed E-state index contributed by atoms with van der Waals surface area (Å²) in [6.45, 7) is 4.33. The summed E-state index contributed by atoms with van der Waals surface area (Å²) in [6, 6.07) is 1.90. The number of carbonyl (C=O) groups excluding carboxylic acids is 1. The average Bonchev–Trinajstić information content (AvgIpc) is 2.59. The van der Waals surface area contributed by atoms with Crippen molar-refractivity contribution < 1.29 is 9.53 Å². The maximum Gasteiger partial charge on any atom is 0.414 e. The number of hydrogen-bond acceptors (Lipinski definition) is 3. The number of carbonyl (C=O) groups is 1. The molecule has 4 nitrogen and oxygen atoms in total. The van der Waals surface area contributed by atoms with Gasteiger partial charge in [0.05, 0.1) is 17.5 Å². The maximum atomic E-state index is 11.8. The predicted molar refractivity (Wildman–Crippen MR) is 64.6 cm³/mol. The van der Waals surface area contributed by atoms with Crippen LogP contribution in [0.25, 0.3) is 0 Å². The summed E-state index contributed by atoms with van der Waals surface area (Å²) in [4.78, 5) is 17.7. The normalized spacial score (nSPS) is 14.1. The van der Waals surface area contributed by atoms with E-state index in [9.17, 15) is 4.79 Å². The molecule has 0 spiro atoms. The summed E-state index contributed by atoms with van der Waals surface area (Å²) in [7, 11) is 0. The van der Waals surface area contributed by atoms with Crippen LogP contribution in [-0.4, -0.2) is 23.7 Å². The number of pyridine rings is 1. The fraction of sp³-hybridized carbons (Fsp3) is 0.455. The molecule has 0 aromatic carbocycles. The van der Waals surface area contributed by atoms with Gasteiger partial charge in [0.25, 0.3) is 0 Å². The third kappa shape index (κ3) is 2.19. The molecule has 0 aliphatic carbocycles. The number of nitrogens with zero attached hydrogens (tertiary/aromatic N) is 2. The van der Waals surface area contributed by atoms with Crippen molar-refractivity contribution in [3.05, 3.63) is 22.4 Å². The Morgan fingerprint density at radius 3 is 3.06 bits per heavy atom. The molecule has 1 amide bonds. The molecule has 2 heterocycles. The van der Waals surface area contributed by atoms with Gasteiger partial charge in [0.1, 0.15) is 0 Å². The van der Waals surface area contributed by atoms with Gasteiger partial charge >= 0.3 is 6.09 Å². The van der Waals surface area contributed by atoms with Crippen molar-refractivity contribution in [1.29, 1.82) is 0 Å². The molecule has 1 aromatic heterocycles. The molecule has 0 unspecified atom stereocenters. The lowest BCUT2D eigenvalue weighted by molar-refractivity contribution is 0.123. The first kappa shape index (κ1) is 11.4. The van der Waals surface area contributed by atoms with Gasteiger partial charge in [-0.15, -0.1) is 0 Å². The van der Waals surface area contributed by atoms with Crippen molar-refractivity contribution in [2.45, 2.75) is 26.4 Å². The van der Waals surface area contributed by atoms with Crippen molar-refractivity contribution in [3.63, 3.8) is 0 Å². The van der Waals surface area contributed by atoms with E-state index in [4.69, 9.17) is 4.74 Å². The SMILES string of the molecule is CC(C)OC(=O)N1CCc2ncc(Br)cc21. The van der Waals surface area contributed by atoms with E-state index >= 15 is 0 Å². The van der Waals surface area contributed by atoms with Crippen molar-refractivity contribution in [1.82, 2.24) is 4.98 Å². The number of amides is 1. The number of halogens is 1. The molecule has 2 rings (SSSR count). The number of aromatic nitrogens is 1. The van der Waals surface area contributed by atoms with Gasteiger partial charge in [-0.25, -0.2) is 4.79 Å². The molecule has 5 heteroatoms. The molecule has 0 atom stereocenters. The van der Waals surface area contributed by atoms with E-state index in [-0.39, 0.29) is 12.2 Å². The first-order valence-corrected chi connectivity index (χ1v) is 6.00. The van der Waals surface area contributed by atoms with Crippen LogP contribution < -0.4 is 4.90 Å². The van der Waals surface area contributed by atoms with Gasteiger partial charge in [-0.2, -0.15) is 0 Å². The second-order valence-corrected chi connectivity index (χ2v) is 4.87. The molecule has 0 bridgehead atoms. The standard InChI is InChI=1S/C11H13BrN2O2/c1-7(2)16-11(15)14-4-3-9-10(14)5-8(12)6-13-9/h5-7H,3-4H2,1-2H3. The highest BCUT2D eigenvalue weighted by atomic mass is 79.9. The van der Waals surface area contributed by atoms with Crippen molar-refractivity contribution in [2.24, 2.45) is 0 Å². The third-order valence-electron chi connectivity index (χ3n) is 2.33. The fourth-order valence-electron chi connectivity index (χ4n) is 1.68.